The fraction of sp³-hybridized carbons (Fsp3) is 0.250. The van der Waals surface area contributed by atoms with E-state index in [0.717, 1.165) is 9.37 Å². The largest absolute Gasteiger partial charge is 0.274 e. The fourth-order valence-electron chi connectivity index (χ4n) is 1.82. The Morgan fingerprint density at radius 1 is 1.47 bits per heavy atom. The number of imide groups is 1. The van der Waals surface area contributed by atoms with Crippen molar-refractivity contribution in [2.75, 3.05) is 4.90 Å². The first-order valence-corrected chi connectivity index (χ1v) is 5.90. The van der Waals surface area contributed by atoms with E-state index in [1.54, 1.807) is 25.1 Å². The van der Waals surface area contributed by atoms with Crippen molar-refractivity contribution >= 4 is 33.4 Å². The predicted molar refractivity (Wildman–Crippen MR) is 65.1 cm³/mol. The SMILES string of the molecule is CC1CC(=O)N(c2cc(Br)ccc2C#N)C1=O. The molecule has 1 aromatic carbocycles. The van der Waals surface area contributed by atoms with Gasteiger partial charge in [-0.15, -0.1) is 0 Å². The Morgan fingerprint density at radius 3 is 2.71 bits per heavy atom. The third-order valence-corrected chi connectivity index (χ3v) is 3.19. The van der Waals surface area contributed by atoms with Crippen molar-refractivity contribution in [3.05, 3.63) is 28.2 Å². The lowest BCUT2D eigenvalue weighted by molar-refractivity contribution is -0.122. The molecule has 1 atom stereocenters. The summed E-state index contributed by atoms with van der Waals surface area (Å²) in [7, 11) is 0. The molecule has 2 amide bonds. The second-order valence-corrected chi connectivity index (χ2v) is 4.86. The zero-order valence-electron chi connectivity index (χ0n) is 9.11. The van der Waals surface area contributed by atoms with Crippen molar-refractivity contribution in [2.24, 2.45) is 5.92 Å². The molecule has 17 heavy (non-hydrogen) atoms. The van der Waals surface area contributed by atoms with Gasteiger partial charge in [-0.25, -0.2) is 4.90 Å². The summed E-state index contributed by atoms with van der Waals surface area (Å²) in [6.07, 6.45) is 0.205. The number of benzene rings is 1. The molecule has 4 nitrogen and oxygen atoms in total. The van der Waals surface area contributed by atoms with Crippen LogP contribution in [0.3, 0.4) is 0 Å². The summed E-state index contributed by atoms with van der Waals surface area (Å²) in [6, 6.07) is 6.90. The number of nitrogens with zero attached hydrogens (tertiary/aromatic N) is 2. The predicted octanol–water partition coefficient (Wildman–Crippen LogP) is 2.22. The minimum absolute atomic E-state index is 0.205. The summed E-state index contributed by atoms with van der Waals surface area (Å²) in [4.78, 5) is 24.7. The second-order valence-electron chi connectivity index (χ2n) is 3.95. The molecule has 1 saturated heterocycles. The number of halogens is 1. The van der Waals surface area contributed by atoms with Crippen LogP contribution in [0.5, 0.6) is 0 Å². The molecule has 1 aromatic rings. The Morgan fingerprint density at radius 2 is 2.18 bits per heavy atom. The first-order valence-electron chi connectivity index (χ1n) is 5.11. The summed E-state index contributed by atoms with van der Waals surface area (Å²) in [5, 5.41) is 8.99. The van der Waals surface area contributed by atoms with Gasteiger partial charge < -0.3 is 0 Å². The van der Waals surface area contributed by atoms with Crippen LogP contribution in [0.2, 0.25) is 0 Å². The van der Waals surface area contributed by atoms with Crippen molar-refractivity contribution < 1.29 is 9.59 Å². The van der Waals surface area contributed by atoms with Gasteiger partial charge in [0.2, 0.25) is 11.8 Å². The molecule has 1 aliphatic heterocycles. The van der Waals surface area contributed by atoms with Crippen LogP contribution in [-0.4, -0.2) is 11.8 Å². The average Bonchev–Trinajstić information content (AvgIpc) is 2.53. The number of hydrogen-bond donors (Lipinski definition) is 0. The van der Waals surface area contributed by atoms with Gasteiger partial charge in [0.15, 0.2) is 0 Å². The van der Waals surface area contributed by atoms with E-state index < -0.39 is 0 Å². The zero-order valence-corrected chi connectivity index (χ0v) is 10.7. The number of carbonyl (C=O) groups is 2. The third-order valence-electron chi connectivity index (χ3n) is 2.69. The molecular weight excluding hydrogens is 284 g/mol. The molecular formula is C12H9BrN2O2. The van der Waals surface area contributed by atoms with E-state index in [1.165, 1.54) is 0 Å². The maximum absolute atomic E-state index is 11.9. The maximum atomic E-state index is 11.9. The molecule has 0 spiro atoms. The van der Waals surface area contributed by atoms with Crippen molar-refractivity contribution in [1.82, 2.24) is 0 Å². The van der Waals surface area contributed by atoms with Gasteiger partial charge in [0.05, 0.1) is 11.3 Å². The summed E-state index contributed by atoms with van der Waals surface area (Å²) in [5.41, 5.74) is 0.685. The van der Waals surface area contributed by atoms with Gasteiger partial charge >= 0.3 is 0 Å². The lowest BCUT2D eigenvalue weighted by atomic mass is 10.1. The van der Waals surface area contributed by atoms with Gasteiger partial charge in [-0.1, -0.05) is 22.9 Å². The molecule has 1 heterocycles. The van der Waals surface area contributed by atoms with E-state index in [-0.39, 0.29) is 24.2 Å². The van der Waals surface area contributed by atoms with E-state index in [9.17, 15) is 9.59 Å². The van der Waals surface area contributed by atoms with Crippen molar-refractivity contribution in [3.63, 3.8) is 0 Å². The Labute approximate surface area is 107 Å². The number of amides is 2. The molecule has 1 fully saturated rings. The Balaban J connectivity index is 2.54. The highest BCUT2D eigenvalue weighted by Gasteiger charge is 2.37. The highest BCUT2D eigenvalue weighted by Crippen LogP contribution is 2.30. The van der Waals surface area contributed by atoms with Crippen LogP contribution in [0.25, 0.3) is 0 Å². The normalized spacial score (nSPS) is 19.6. The number of hydrogen-bond acceptors (Lipinski definition) is 3. The molecule has 0 saturated carbocycles. The summed E-state index contributed by atoms with van der Waals surface area (Å²) in [6.45, 7) is 1.71. The fourth-order valence-corrected chi connectivity index (χ4v) is 2.17. The van der Waals surface area contributed by atoms with Gasteiger partial charge in [-0.2, -0.15) is 5.26 Å². The van der Waals surface area contributed by atoms with Crippen LogP contribution in [0, 0.1) is 17.2 Å². The van der Waals surface area contributed by atoms with Gasteiger partial charge in [-0.05, 0) is 18.2 Å². The van der Waals surface area contributed by atoms with E-state index in [4.69, 9.17) is 5.26 Å². The lowest BCUT2D eigenvalue weighted by Gasteiger charge is -2.16. The first-order chi connectivity index (χ1) is 8.04. The smallest absolute Gasteiger partial charge is 0.237 e. The second kappa shape index (κ2) is 4.30. The van der Waals surface area contributed by atoms with Crippen LogP contribution in [0.1, 0.15) is 18.9 Å². The van der Waals surface area contributed by atoms with Crippen LogP contribution >= 0.6 is 15.9 Å². The minimum Gasteiger partial charge on any atom is -0.274 e. The monoisotopic (exact) mass is 292 g/mol. The van der Waals surface area contributed by atoms with E-state index in [1.807, 2.05) is 6.07 Å². The number of carbonyl (C=O) groups excluding carboxylic acids is 2. The van der Waals surface area contributed by atoms with Crippen LogP contribution < -0.4 is 4.90 Å². The molecule has 2 rings (SSSR count). The highest BCUT2D eigenvalue weighted by molar-refractivity contribution is 9.10. The van der Waals surface area contributed by atoms with E-state index >= 15 is 0 Å². The zero-order chi connectivity index (χ0) is 12.6. The van der Waals surface area contributed by atoms with Gasteiger partial charge in [0, 0.05) is 16.8 Å². The molecule has 0 bridgehead atoms. The van der Waals surface area contributed by atoms with Crippen LogP contribution in [0.4, 0.5) is 5.69 Å². The van der Waals surface area contributed by atoms with Gasteiger partial charge in [0.25, 0.3) is 0 Å². The Kier molecular flexibility index (Phi) is 2.99. The number of nitriles is 1. The van der Waals surface area contributed by atoms with Crippen molar-refractivity contribution in [3.8, 4) is 6.07 Å². The van der Waals surface area contributed by atoms with Crippen molar-refractivity contribution in [2.45, 2.75) is 13.3 Å². The first kappa shape index (κ1) is 11.8. The topological polar surface area (TPSA) is 61.2 Å². The molecule has 0 aliphatic carbocycles. The lowest BCUT2D eigenvalue weighted by Crippen LogP contribution is -2.30. The Bertz CT molecular complexity index is 548. The molecule has 1 aliphatic rings. The number of rotatable bonds is 1. The average molecular weight is 293 g/mol. The summed E-state index contributed by atoms with van der Waals surface area (Å²) >= 11 is 3.27. The summed E-state index contributed by atoms with van der Waals surface area (Å²) in [5.74, 6) is -0.810. The third kappa shape index (κ3) is 1.96. The molecule has 5 heteroatoms. The maximum Gasteiger partial charge on any atom is 0.237 e. The van der Waals surface area contributed by atoms with E-state index in [0.29, 0.717) is 11.3 Å². The van der Waals surface area contributed by atoms with Crippen molar-refractivity contribution in [1.29, 1.82) is 5.26 Å². The number of anilines is 1. The molecule has 86 valence electrons. The minimum atomic E-state index is -0.312. The summed E-state index contributed by atoms with van der Waals surface area (Å²) < 4.78 is 0.728. The van der Waals surface area contributed by atoms with Crippen LogP contribution in [0.15, 0.2) is 22.7 Å². The van der Waals surface area contributed by atoms with Gasteiger partial charge in [-0.3, -0.25) is 9.59 Å². The van der Waals surface area contributed by atoms with E-state index in [2.05, 4.69) is 15.9 Å². The molecule has 1 unspecified atom stereocenters. The standard InChI is InChI=1S/C12H9BrN2O2/c1-7-4-11(16)15(12(7)17)10-5-9(13)3-2-8(10)6-14/h2-3,5,7H,4H2,1H3. The quantitative estimate of drug-likeness (QED) is 0.746. The highest BCUT2D eigenvalue weighted by atomic mass is 79.9. The van der Waals surface area contributed by atoms with Gasteiger partial charge in [0.1, 0.15) is 6.07 Å². The molecule has 0 aromatic heterocycles. The van der Waals surface area contributed by atoms with Crippen LogP contribution in [-0.2, 0) is 9.59 Å². The molecule has 0 N–H and O–H groups in total. The Hall–Kier alpha value is -1.67. The molecule has 0 radical (unpaired) electrons.